The molecule has 3 aliphatic heterocycles. The number of fused-ring (bicyclic) bond motifs is 1. The maximum atomic E-state index is 10.7. The fraction of sp³-hybridized carbons (Fsp3) is 1.00. The van der Waals surface area contributed by atoms with Gasteiger partial charge in [-0.2, -0.15) is 0 Å². The molecule has 3 heterocycles. The largest absolute Gasteiger partial charge is 0.388 e. The van der Waals surface area contributed by atoms with Crippen LogP contribution < -0.4 is 5.32 Å². The minimum Gasteiger partial charge on any atom is -0.388 e. The van der Waals surface area contributed by atoms with Crippen molar-refractivity contribution in [3.8, 4) is 0 Å². The second-order valence-electron chi connectivity index (χ2n) is 5.54. The molecule has 15 heavy (non-hydrogen) atoms. The molecule has 3 nitrogen and oxygen atoms in total. The SMILES string of the molecule is OC1(C2CCCN2)CCN2CCCC2C1. The highest BCUT2D eigenvalue weighted by Gasteiger charge is 2.45. The monoisotopic (exact) mass is 210 g/mol. The van der Waals surface area contributed by atoms with Crippen LogP contribution in [0.15, 0.2) is 0 Å². The third-order valence-corrected chi connectivity index (χ3v) is 4.63. The number of rotatable bonds is 1. The van der Waals surface area contributed by atoms with Crippen LogP contribution in [0.5, 0.6) is 0 Å². The second-order valence-corrected chi connectivity index (χ2v) is 5.54. The van der Waals surface area contributed by atoms with E-state index in [1.807, 2.05) is 0 Å². The lowest BCUT2D eigenvalue weighted by molar-refractivity contribution is -0.0587. The summed E-state index contributed by atoms with van der Waals surface area (Å²) in [5, 5.41) is 14.2. The van der Waals surface area contributed by atoms with Gasteiger partial charge in [0.1, 0.15) is 0 Å². The molecule has 3 saturated heterocycles. The van der Waals surface area contributed by atoms with Crippen molar-refractivity contribution in [2.24, 2.45) is 0 Å². The van der Waals surface area contributed by atoms with E-state index in [2.05, 4.69) is 10.2 Å². The summed E-state index contributed by atoms with van der Waals surface area (Å²) < 4.78 is 0. The van der Waals surface area contributed by atoms with E-state index in [0.29, 0.717) is 12.1 Å². The van der Waals surface area contributed by atoms with E-state index in [1.165, 1.54) is 32.2 Å². The molecule has 0 aromatic carbocycles. The highest BCUT2D eigenvalue weighted by molar-refractivity contribution is 5.02. The summed E-state index contributed by atoms with van der Waals surface area (Å²) in [5.41, 5.74) is -0.401. The quantitative estimate of drug-likeness (QED) is 0.669. The fourth-order valence-electron chi connectivity index (χ4n) is 3.73. The van der Waals surface area contributed by atoms with Gasteiger partial charge in [0.05, 0.1) is 5.60 Å². The fourth-order valence-corrected chi connectivity index (χ4v) is 3.73. The van der Waals surface area contributed by atoms with Gasteiger partial charge in [0.15, 0.2) is 0 Å². The number of hydrogen-bond acceptors (Lipinski definition) is 3. The molecule has 3 unspecified atom stereocenters. The van der Waals surface area contributed by atoms with E-state index in [9.17, 15) is 5.11 Å². The van der Waals surface area contributed by atoms with Crippen molar-refractivity contribution < 1.29 is 5.11 Å². The zero-order valence-corrected chi connectivity index (χ0v) is 9.41. The third kappa shape index (κ3) is 1.71. The Kier molecular flexibility index (Phi) is 2.49. The van der Waals surface area contributed by atoms with Gasteiger partial charge < -0.3 is 15.3 Å². The molecule has 0 aliphatic carbocycles. The highest BCUT2D eigenvalue weighted by atomic mass is 16.3. The van der Waals surface area contributed by atoms with Crippen molar-refractivity contribution in [3.63, 3.8) is 0 Å². The summed E-state index contributed by atoms with van der Waals surface area (Å²) in [6, 6.07) is 1.05. The standard InChI is InChI=1S/C12H22N2O/c15-12(11-4-1-6-13-11)5-8-14-7-2-3-10(14)9-12/h10-11,13,15H,1-9H2. The zero-order valence-electron chi connectivity index (χ0n) is 9.41. The van der Waals surface area contributed by atoms with E-state index >= 15 is 0 Å². The van der Waals surface area contributed by atoms with Crippen LogP contribution in [0.25, 0.3) is 0 Å². The van der Waals surface area contributed by atoms with Crippen LogP contribution in [-0.2, 0) is 0 Å². The number of nitrogens with zero attached hydrogens (tertiary/aromatic N) is 1. The Hall–Kier alpha value is -0.120. The van der Waals surface area contributed by atoms with Crippen LogP contribution in [0.1, 0.15) is 38.5 Å². The molecule has 0 amide bonds. The Labute approximate surface area is 91.8 Å². The van der Waals surface area contributed by atoms with Gasteiger partial charge >= 0.3 is 0 Å². The number of nitrogens with one attached hydrogen (secondary N) is 1. The highest BCUT2D eigenvalue weighted by Crippen LogP contribution is 2.36. The van der Waals surface area contributed by atoms with Crippen molar-refractivity contribution >= 4 is 0 Å². The third-order valence-electron chi connectivity index (χ3n) is 4.63. The van der Waals surface area contributed by atoms with Crippen molar-refractivity contribution in [1.29, 1.82) is 0 Å². The Balaban J connectivity index is 1.70. The van der Waals surface area contributed by atoms with Crippen molar-refractivity contribution in [3.05, 3.63) is 0 Å². The average Bonchev–Trinajstić information content (AvgIpc) is 2.87. The first-order valence-corrected chi connectivity index (χ1v) is 6.48. The first-order valence-electron chi connectivity index (χ1n) is 6.48. The van der Waals surface area contributed by atoms with Crippen LogP contribution >= 0.6 is 0 Å². The molecular weight excluding hydrogens is 188 g/mol. The average molecular weight is 210 g/mol. The van der Waals surface area contributed by atoms with Crippen LogP contribution in [0.4, 0.5) is 0 Å². The summed E-state index contributed by atoms with van der Waals surface area (Å²) in [4.78, 5) is 2.57. The molecule has 3 rings (SSSR count). The van der Waals surface area contributed by atoms with Gasteiger partial charge in [-0.05, 0) is 51.6 Å². The maximum Gasteiger partial charge on any atom is 0.0827 e. The van der Waals surface area contributed by atoms with Gasteiger partial charge in [-0.1, -0.05) is 0 Å². The van der Waals surface area contributed by atoms with Crippen LogP contribution in [0.2, 0.25) is 0 Å². The Morgan fingerprint density at radius 1 is 1.20 bits per heavy atom. The Morgan fingerprint density at radius 2 is 2.13 bits per heavy atom. The smallest absolute Gasteiger partial charge is 0.0827 e. The molecule has 0 spiro atoms. The molecular formula is C12H22N2O. The van der Waals surface area contributed by atoms with E-state index in [0.717, 1.165) is 25.9 Å². The second kappa shape index (κ2) is 3.72. The molecule has 3 atom stereocenters. The lowest BCUT2D eigenvalue weighted by atomic mass is 9.80. The zero-order chi connectivity index (χ0) is 10.3. The summed E-state index contributed by atoms with van der Waals surface area (Å²) in [5.74, 6) is 0. The van der Waals surface area contributed by atoms with Crippen molar-refractivity contribution in [1.82, 2.24) is 10.2 Å². The van der Waals surface area contributed by atoms with Gasteiger partial charge in [0, 0.05) is 18.6 Å². The normalized spacial score (nSPS) is 47.0. The minimum atomic E-state index is -0.401. The van der Waals surface area contributed by atoms with E-state index < -0.39 is 5.60 Å². The topological polar surface area (TPSA) is 35.5 Å². The van der Waals surface area contributed by atoms with Crippen LogP contribution in [0.3, 0.4) is 0 Å². The minimum absolute atomic E-state index is 0.375. The summed E-state index contributed by atoms with van der Waals surface area (Å²) in [6.45, 7) is 3.47. The van der Waals surface area contributed by atoms with Gasteiger partial charge in [-0.15, -0.1) is 0 Å². The van der Waals surface area contributed by atoms with Gasteiger partial charge in [-0.25, -0.2) is 0 Å². The molecule has 0 bridgehead atoms. The van der Waals surface area contributed by atoms with E-state index in [4.69, 9.17) is 0 Å². The lowest BCUT2D eigenvalue weighted by Crippen LogP contribution is -2.56. The predicted octanol–water partition coefficient (Wildman–Crippen LogP) is 0.728. The molecule has 0 aromatic heterocycles. The maximum absolute atomic E-state index is 10.7. The number of piperidine rings is 1. The number of hydrogen-bond donors (Lipinski definition) is 2. The Bertz CT molecular complexity index is 240. The summed E-state index contributed by atoms with van der Waals surface area (Å²) >= 11 is 0. The Morgan fingerprint density at radius 3 is 2.93 bits per heavy atom. The van der Waals surface area contributed by atoms with Crippen molar-refractivity contribution in [2.75, 3.05) is 19.6 Å². The van der Waals surface area contributed by atoms with E-state index in [1.54, 1.807) is 0 Å². The van der Waals surface area contributed by atoms with Gasteiger partial charge in [0.2, 0.25) is 0 Å². The summed E-state index contributed by atoms with van der Waals surface area (Å²) in [6.07, 6.45) is 7.02. The van der Waals surface area contributed by atoms with Crippen LogP contribution in [-0.4, -0.2) is 47.3 Å². The molecule has 0 saturated carbocycles. The van der Waals surface area contributed by atoms with Gasteiger partial charge in [-0.3, -0.25) is 0 Å². The molecule has 3 aliphatic rings. The van der Waals surface area contributed by atoms with Crippen molar-refractivity contribution in [2.45, 2.75) is 56.2 Å². The molecule has 3 fully saturated rings. The number of aliphatic hydroxyl groups is 1. The first kappa shape index (κ1) is 10.1. The first-order chi connectivity index (χ1) is 7.28. The lowest BCUT2D eigenvalue weighted by Gasteiger charge is -2.44. The van der Waals surface area contributed by atoms with E-state index in [-0.39, 0.29) is 0 Å². The molecule has 3 heteroatoms. The molecule has 2 N–H and O–H groups in total. The molecule has 86 valence electrons. The molecule has 0 radical (unpaired) electrons. The molecule has 0 aromatic rings. The summed E-state index contributed by atoms with van der Waals surface area (Å²) in [7, 11) is 0. The van der Waals surface area contributed by atoms with Gasteiger partial charge in [0.25, 0.3) is 0 Å². The van der Waals surface area contributed by atoms with Crippen LogP contribution in [0, 0.1) is 0 Å². The predicted molar refractivity (Wildman–Crippen MR) is 59.8 cm³/mol.